The van der Waals surface area contributed by atoms with E-state index in [0.717, 1.165) is 16.5 Å². The molecule has 3 aromatic rings. The SMILES string of the molecule is NCCOc1c(Cl)nc(Cl)nc1OCCc1c[nH]c2cc(F)ccc12. The maximum absolute atomic E-state index is 13.2. The predicted molar refractivity (Wildman–Crippen MR) is 94.1 cm³/mol. The van der Waals surface area contributed by atoms with Gasteiger partial charge >= 0.3 is 0 Å². The Balaban J connectivity index is 1.72. The minimum absolute atomic E-state index is 0.0392. The van der Waals surface area contributed by atoms with Crippen LogP contribution in [0.15, 0.2) is 24.4 Å². The van der Waals surface area contributed by atoms with Gasteiger partial charge in [-0.3, -0.25) is 0 Å². The molecule has 0 aliphatic rings. The third-order valence-corrected chi connectivity index (χ3v) is 3.89. The highest BCUT2D eigenvalue weighted by atomic mass is 35.5. The van der Waals surface area contributed by atoms with Crippen LogP contribution in [0.4, 0.5) is 4.39 Å². The first-order valence-electron chi connectivity index (χ1n) is 7.52. The summed E-state index contributed by atoms with van der Waals surface area (Å²) in [4.78, 5) is 10.9. The lowest BCUT2D eigenvalue weighted by Crippen LogP contribution is -2.13. The van der Waals surface area contributed by atoms with Gasteiger partial charge in [-0.15, -0.1) is 0 Å². The van der Waals surface area contributed by atoms with Crippen LogP contribution >= 0.6 is 23.2 Å². The Morgan fingerprint density at radius 2 is 2.00 bits per heavy atom. The number of hydrogen-bond acceptors (Lipinski definition) is 5. The molecular weight excluding hydrogens is 370 g/mol. The fraction of sp³-hybridized carbons (Fsp3) is 0.250. The van der Waals surface area contributed by atoms with Crippen LogP contribution in [-0.4, -0.2) is 34.7 Å². The molecule has 132 valence electrons. The molecule has 0 fully saturated rings. The van der Waals surface area contributed by atoms with Crippen LogP contribution < -0.4 is 15.2 Å². The number of halogens is 3. The zero-order valence-corrected chi connectivity index (χ0v) is 14.6. The lowest BCUT2D eigenvalue weighted by atomic mass is 10.1. The number of rotatable bonds is 7. The summed E-state index contributed by atoms with van der Waals surface area (Å²) >= 11 is 11.8. The number of nitrogens with one attached hydrogen (secondary N) is 1. The van der Waals surface area contributed by atoms with Crippen molar-refractivity contribution in [2.24, 2.45) is 5.73 Å². The molecule has 0 saturated carbocycles. The highest BCUT2D eigenvalue weighted by Crippen LogP contribution is 2.33. The van der Waals surface area contributed by atoms with Gasteiger partial charge in [0, 0.05) is 30.1 Å². The van der Waals surface area contributed by atoms with Crippen LogP contribution in [0.2, 0.25) is 10.4 Å². The Bertz CT molecular complexity index is 888. The molecule has 0 spiro atoms. The van der Waals surface area contributed by atoms with Crippen molar-refractivity contribution < 1.29 is 13.9 Å². The van der Waals surface area contributed by atoms with Crippen molar-refractivity contribution in [3.8, 4) is 11.6 Å². The molecule has 0 amide bonds. The molecule has 3 rings (SSSR count). The molecule has 0 bridgehead atoms. The minimum Gasteiger partial charge on any atom is -0.484 e. The van der Waals surface area contributed by atoms with Crippen molar-refractivity contribution >= 4 is 34.1 Å². The molecule has 0 aliphatic heterocycles. The minimum atomic E-state index is -0.288. The topological polar surface area (TPSA) is 86.1 Å². The zero-order chi connectivity index (χ0) is 17.8. The van der Waals surface area contributed by atoms with Crippen molar-refractivity contribution in [3.63, 3.8) is 0 Å². The van der Waals surface area contributed by atoms with E-state index in [1.807, 2.05) is 6.20 Å². The van der Waals surface area contributed by atoms with E-state index in [1.54, 1.807) is 6.07 Å². The number of aromatic nitrogens is 3. The first-order valence-corrected chi connectivity index (χ1v) is 8.28. The number of H-pyrrole nitrogens is 1. The Morgan fingerprint density at radius 3 is 2.80 bits per heavy atom. The molecule has 25 heavy (non-hydrogen) atoms. The maximum atomic E-state index is 13.2. The van der Waals surface area contributed by atoms with Gasteiger partial charge in [0.1, 0.15) is 12.4 Å². The highest BCUT2D eigenvalue weighted by molar-refractivity contribution is 6.33. The van der Waals surface area contributed by atoms with Crippen LogP contribution in [0.1, 0.15) is 5.56 Å². The molecule has 6 nitrogen and oxygen atoms in total. The maximum Gasteiger partial charge on any atom is 0.263 e. The molecule has 0 unspecified atom stereocenters. The van der Waals surface area contributed by atoms with E-state index in [-0.39, 0.29) is 34.5 Å². The fourth-order valence-electron chi connectivity index (χ4n) is 2.38. The van der Waals surface area contributed by atoms with Crippen LogP contribution in [0.5, 0.6) is 11.6 Å². The number of benzene rings is 1. The summed E-state index contributed by atoms with van der Waals surface area (Å²) in [6.07, 6.45) is 2.39. The third-order valence-electron chi connectivity index (χ3n) is 3.47. The van der Waals surface area contributed by atoms with Gasteiger partial charge < -0.3 is 20.2 Å². The van der Waals surface area contributed by atoms with Crippen LogP contribution in [-0.2, 0) is 6.42 Å². The summed E-state index contributed by atoms with van der Waals surface area (Å²) in [5.74, 6) is 0.0750. The molecule has 0 saturated heterocycles. The largest absolute Gasteiger partial charge is 0.484 e. The predicted octanol–water partition coefficient (Wildman–Crippen LogP) is 3.36. The van der Waals surface area contributed by atoms with Gasteiger partial charge in [-0.05, 0) is 35.4 Å². The lowest BCUT2D eigenvalue weighted by Gasteiger charge is -2.12. The molecule has 0 atom stereocenters. The van der Waals surface area contributed by atoms with Crippen molar-refractivity contribution in [3.05, 3.63) is 46.2 Å². The molecule has 3 N–H and O–H groups in total. The number of fused-ring (bicyclic) bond motifs is 1. The van der Waals surface area contributed by atoms with Crippen LogP contribution in [0, 0.1) is 5.82 Å². The van der Waals surface area contributed by atoms with Gasteiger partial charge in [-0.1, -0.05) is 11.6 Å². The Morgan fingerprint density at radius 1 is 1.16 bits per heavy atom. The van der Waals surface area contributed by atoms with E-state index >= 15 is 0 Å². The summed E-state index contributed by atoms with van der Waals surface area (Å²) < 4.78 is 24.3. The third kappa shape index (κ3) is 4.12. The number of hydrogen-bond donors (Lipinski definition) is 2. The standard InChI is InChI=1S/C16H15Cl2FN4O2/c17-14-13(24-6-4-20)15(23-16(18)22-14)25-5-3-9-8-21-12-7-10(19)1-2-11(9)12/h1-2,7-8,21H,3-6,20H2. The second-order valence-electron chi connectivity index (χ2n) is 5.16. The molecule has 2 aromatic heterocycles. The normalized spacial score (nSPS) is 11.0. The molecule has 0 aliphatic carbocycles. The molecule has 2 heterocycles. The van der Waals surface area contributed by atoms with Crippen LogP contribution in [0.25, 0.3) is 10.9 Å². The van der Waals surface area contributed by atoms with E-state index in [2.05, 4.69) is 15.0 Å². The Labute approximate surface area is 153 Å². The van der Waals surface area contributed by atoms with Crippen molar-refractivity contribution in [1.82, 2.24) is 15.0 Å². The van der Waals surface area contributed by atoms with E-state index in [9.17, 15) is 4.39 Å². The first kappa shape index (κ1) is 17.7. The van der Waals surface area contributed by atoms with Crippen molar-refractivity contribution in [1.29, 1.82) is 0 Å². The molecule has 0 radical (unpaired) electrons. The Kier molecular flexibility index (Phi) is 5.57. The second-order valence-corrected chi connectivity index (χ2v) is 5.85. The fourth-order valence-corrected chi connectivity index (χ4v) is 2.80. The molecular formula is C16H15Cl2FN4O2. The average molecular weight is 385 g/mol. The van der Waals surface area contributed by atoms with Gasteiger partial charge in [-0.2, -0.15) is 4.98 Å². The van der Waals surface area contributed by atoms with Crippen molar-refractivity contribution in [2.45, 2.75) is 6.42 Å². The molecule has 1 aromatic carbocycles. The summed E-state index contributed by atoms with van der Waals surface area (Å²) in [5, 5.41) is 0.956. The first-order chi connectivity index (χ1) is 12.1. The summed E-state index contributed by atoms with van der Waals surface area (Å²) in [7, 11) is 0. The number of nitrogens with two attached hydrogens (primary N) is 1. The summed E-state index contributed by atoms with van der Waals surface area (Å²) in [6.45, 7) is 0.854. The molecule has 9 heteroatoms. The van der Waals surface area contributed by atoms with E-state index in [0.29, 0.717) is 19.6 Å². The van der Waals surface area contributed by atoms with Gasteiger partial charge in [0.05, 0.1) is 6.61 Å². The van der Waals surface area contributed by atoms with Crippen LogP contribution in [0.3, 0.4) is 0 Å². The Hall–Kier alpha value is -2.09. The van der Waals surface area contributed by atoms with E-state index in [1.165, 1.54) is 12.1 Å². The number of ether oxygens (including phenoxy) is 2. The second kappa shape index (κ2) is 7.86. The summed E-state index contributed by atoms with van der Waals surface area (Å²) in [5.41, 5.74) is 7.15. The smallest absolute Gasteiger partial charge is 0.263 e. The van der Waals surface area contributed by atoms with E-state index in [4.69, 9.17) is 38.4 Å². The van der Waals surface area contributed by atoms with Gasteiger partial charge in [0.15, 0.2) is 5.15 Å². The summed E-state index contributed by atoms with van der Waals surface area (Å²) in [6, 6.07) is 4.59. The lowest BCUT2D eigenvalue weighted by molar-refractivity contribution is 0.264. The average Bonchev–Trinajstić information content (AvgIpc) is 2.96. The monoisotopic (exact) mass is 384 g/mol. The quantitative estimate of drug-likeness (QED) is 0.481. The highest BCUT2D eigenvalue weighted by Gasteiger charge is 2.16. The number of nitrogens with zero attached hydrogens (tertiary/aromatic N) is 2. The zero-order valence-electron chi connectivity index (χ0n) is 13.1. The van der Waals surface area contributed by atoms with Gasteiger partial charge in [-0.25, -0.2) is 9.37 Å². The van der Waals surface area contributed by atoms with Crippen molar-refractivity contribution in [2.75, 3.05) is 19.8 Å². The number of aromatic amines is 1. The van der Waals surface area contributed by atoms with Gasteiger partial charge in [0.25, 0.3) is 5.88 Å². The van der Waals surface area contributed by atoms with E-state index < -0.39 is 0 Å². The van der Waals surface area contributed by atoms with Gasteiger partial charge in [0.2, 0.25) is 11.0 Å².